The standard InChI is InChI=1S/C15H29NO3S/c1-4-19-14-12-13(15(14)8-6-5-7-9-15)16(2)10-11-20(3,17)18/h13-14H,4-12H2,1-3H3/t13-,14+/m0/s1. The first-order valence-electron chi connectivity index (χ1n) is 7.88. The number of sulfone groups is 1. The molecule has 1 spiro atoms. The summed E-state index contributed by atoms with van der Waals surface area (Å²) in [5.41, 5.74) is 0.292. The zero-order valence-electron chi connectivity index (χ0n) is 13.1. The highest BCUT2D eigenvalue weighted by Crippen LogP contribution is 2.55. The van der Waals surface area contributed by atoms with Crippen molar-refractivity contribution in [2.45, 2.75) is 57.6 Å². The van der Waals surface area contributed by atoms with Gasteiger partial charge in [0.2, 0.25) is 0 Å². The third kappa shape index (κ3) is 3.37. The van der Waals surface area contributed by atoms with Gasteiger partial charge in [-0.3, -0.25) is 0 Å². The van der Waals surface area contributed by atoms with Crippen LogP contribution >= 0.6 is 0 Å². The van der Waals surface area contributed by atoms with Crippen LogP contribution < -0.4 is 0 Å². The Morgan fingerprint density at radius 3 is 2.45 bits per heavy atom. The molecule has 2 rings (SSSR count). The normalized spacial score (nSPS) is 29.6. The first-order valence-corrected chi connectivity index (χ1v) is 9.94. The summed E-state index contributed by atoms with van der Waals surface area (Å²) in [6.07, 6.45) is 9.17. The van der Waals surface area contributed by atoms with Crippen LogP contribution in [0.3, 0.4) is 0 Å². The van der Waals surface area contributed by atoms with Crippen LogP contribution in [-0.2, 0) is 14.6 Å². The van der Waals surface area contributed by atoms with E-state index in [1.165, 1.54) is 38.4 Å². The van der Waals surface area contributed by atoms with Gasteiger partial charge in [-0.15, -0.1) is 0 Å². The van der Waals surface area contributed by atoms with Crippen molar-refractivity contribution in [2.75, 3.05) is 32.2 Å². The summed E-state index contributed by atoms with van der Waals surface area (Å²) >= 11 is 0. The molecule has 0 amide bonds. The molecular formula is C15H29NO3S. The highest BCUT2D eigenvalue weighted by molar-refractivity contribution is 7.90. The van der Waals surface area contributed by atoms with Crippen LogP contribution in [0.25, 0.3) is 0 Å². The van der Waals surface area contributed by atoms with Gasteiger partial charge < -0.3 is 9.64 Å². The Kier molecular flexibility index (Phi) is 5.14. The Hall–Kier alpha value is -0.130. The van der Waals surface area contributed by atoms with Gasteiger partial charge in [0, 0.05) is 30.9 Å². The Balaban J connectivity index is 2.00. The lowest BCUT2D eigenvalue weighted by Crippen LogP contribution is -2.65. The molecule has 0 bridgehead atoms. The molecule has 4 nitrogen and oxygen atoms in total. The van der Waals surface area contributed by atoms with Gasteiger partial charge in [-0.2, -0.15) is 0 Å². The molecule has 2 atom stereocenters. The van der Waals surface area contributed by atoms with Gasteiger partial charge in [0.15, 0.2) is 0 Å². The molecule has 2 saturated carbocycles. The van der Waals surface area contributed by atoms with Gasteiger partial charge in [0.1, 0.15) is 9.84 Å². The maximum atomic E-state index is 11.3. The van der Waals surface area contributed by atoms with Gasteiger partial charge in [0.05, 0.1) is 11.9 Å². The van der Waals surface area contributed by atoms with Gasteiger partial charge in [-0.05, 0) is 33.2 Å². The Labute approximate surface area is 123 Å². The Morgan fingerprint density at radius 1 is 1.25 bits per heavy atom. The zero-order chi connectivity index (χ0) is 14.8. The molecule has 0 aromatic heterocycles. The second kappa shape index (κ2) is 6.32. The van der Waals surface area contributed by atoms with Crippen LogP contribution in [0, 0.1) is 5.41 Å². The summed E-state index contributed by atoms with van der Waals surface area (Å²) in [6, 6.07) is 0.501. The molecule has 0 radical (unpaired) electrons. The summed E-state index contributed by atoms with van der Waals surface area (Å²) in [5, 5.41) is 0. The van der Waals surface area contributed by atoms with E-state index in [2.05, 4.69) is 18.9 Å². The lowest BCUT2D eigenvalue weighted by molar-refractivity contribution is -0.177. The van der Waals surface area contributed by atoms with E-state index in [4.69, 9.17) is 4.74 Å². The number of ether oxygens (including phenoxy) is 1. The monoisotopic (exact) mass is 303 g/mol. The van der Waals surface area contributed by atoms with E-state index in [1.807, 2.05) is 0 Å². The molecule has 2 aliphatic rings. The predicted molar refractivity (Wildman–Crippen MR) is 81.7 cm³/mol. The second-order valence-electron chi connectivity index (χ2n) is 6.60. The van der Waals surface area contributed by atoms with Gasteiger partial charge >= 0.3 is 0 Å². The summed E-state index contributed by atoms with van der Waals surface area (Å²) in [6.45, 7) is 3.49. The van der Waals surface area contributed by atoms with E-state index in [0.717, 1.165) is 13.0 Å². The minimum Gasteiger partial charge on any atom is -0.378 e. The van der Waals surface area contributed by atoms with E-state index < -0.39 is 9.84 Å². The minimum atomic E-state index is -2.88. The molecule has 0 unspecified atom stereocenters. The Bertz CT molecular complexity index is 415. The largest absolute Gasteiger partial charge is 0.378 e. The molecule has 0 N–H and O–H groups in total. The average Bonchev–Trinajstić information content (AvgIpc) is 2.40. The molecule has 0 saturated heterocycles. The molecule has 20 heavy (non-hydrogen) atoms. The van der Waals surface area contributed by atoms with Crippen molar-refractivity contribution in [3.63, 3.8) is 0 Å². The third-order valence-electron chi connectivity index (χ3n) is 5.24. The number of hydrogen-bond donors (Lipinski definition) is 0. The zero-order valence-corrected chi connectivity index (χ0v) is 13.9. The van der Waals surface area contributed by atoms with E-state index in [9.17, 15) is 8.42 Å². The van der Waals surface area contributed by atoms with E-state index >= 15 is 0 Å². The number of hydrogen-bond acceptors (Lipinski definition) is 4. The molecule has 118 valence electrons. The van der Waals surface area contributed by atoms with Crippen LogP contribution in [0.5, 0.6) is 0 Å². The lowest BCUT2D eigenvalue weighted by atomic mass is 9.54. The smallest absolute Gasteiger partial charge is 0.148 e. The third-order valence-corrected chi connectivity index (χ3v) is 6.17. The summed E-state index contributed by atoms with van der Waals surface area (Å²) in [4.78, 5) is 2.27. The molecule has 2 fully saturated rings. The summed E-state index contributed by atoms with van der Waals surface area (Å²) in [5.74, 6) is 0.259. The first kappa shape index (κ1) is 16.2. The first-order chi connectivity index (χ1) is 9.39. The van der Waals surface area contributed by atoms with Crippen LogP contribution in [-0.4, -0.2) is 57.7 Å². The molecule has 0 aliphatic heterocycles. The maximum absolute atomic E-state index is 11.3. The van der Waals surface area contributed by atoms with E-state index in [0.29, 0.717) is 24.1 Å². The van der Waals surface area contributed by atoms with E-state index in [1.54, 1.807) is 0 Å². The summed E-state index contributed by atoms with van der Waals surface area (Å²) < 4.78 is 28.6. The molecule has 0 aromatic rings. The molecule has 0 heterocycles. The minimum absolute atomic E-state index is 0.259. The fraction of sp³-hybridized carbons (Fsp3) is 1.00. The summed E-state index contributed by atoms with van der Waals surface area (Å²) in [7, 11) is -0.798. The van der Waals surface area contributed by atoms with Crippen molar-refractivity contribution in [3.8, 4) is 0 Å². The highest BCUT2D eigenvalue weighted by atomic mass is 32.2. The van der Waals surface area contributed by atoms with E-state index in [-0.39, 0.29) is 5.75 Å². The van der Waals surface area contributed by atoms with Gasteiger partial charge in [0.25, 0.3) is 0 Å². The molecular weight excluding hydrogens is 274 g/mol. The molecule has 2 aliphatic carbocycles. The van der Waals surface area contributed by atoms with Crippen LogP contribution in [0.15, 0.2) is 0 Å². The number of rotatable bonds is 6. The van der Waals surface area contributed by atoms with Gasteiger partial charge in [-0.1, -0.05) is 19.3 Å². The SMILES string of the molecule is CCO[C@@H]1C[C@H](N(C)CCS(C)(=O)=O)C12CCCCC2. The maximum Gasteiger partial charge on any atom is 0.148 e. The number of nitrogens with zero attached hydrogens (tertiary/aromatic N) is 1. The van der Waals surface area contributed by atoms with Crippen molar-refractivity contribution in [1.29, 1.82) is 0 Å². The predicted octanol–water partition coefficient (Wildman–Crippen LogP) is 2.09. The fourth-order valence-corrected chi connectivity index (χ4v) is 4.73. The quantitative estimate of drug-likeness (QED) is 0.754. The topological polar surface area (TPSA) is 46.6 Å². The van der Waals surface area contributed by atoms with Crippen molar-refractivity contribution < 1.29 is 13.2 Å². The van der Waals surface area contributed by atoms with Gasteiger partial charge in [-0.25, -0.2) is 8.42 Å². The molecule has 5 heteroatoms. The molecule has 0 aromatic carbocycles. The van der Waals surface area contributed by atoms with Crippen molar-refractivity contribution >= 4 is 9.84 Å². The van der Waals surface area contributed by atoms with Crippen LogP contribution in [0.4, 0.5) is 0 Å². The average molecular weight is 303 g/mol. The van der Waals surface area contributed by atoms with Crippen LogP contribution in [0.2, 0.25) is 0 Å². The van der Waals surface area contributed by atoms with Crippen molar-refractivity contribution in [1.82, 2.24) is 4.90 Å². The fourth-order valence-electron chi connectivity index (χ4n) is 4.11. The Morgan fingerprint density at radius 2 is 1.90 bits per heavy atom. The van der Waals surface area contributed by atoms with Crippen molar-refractivity contribution in [3.05, 3.63) is 0 Å². The van der Waals surface area contributed by atoms with Crippen LogP contribution in [0.1, 0.15) is 45.4 Å². The highest BCUT2D eigenvalue weighted by Gasteiger charge is 2.56. The second-order valence-corrected chi connectivity index (χ2v) is 8.86. The lowest BCUT2D eigenvalue weighted by Gasteiger charge is -2.60. The van der Waals surface area contributed by atoms with Crippen molar-refractivity contribution in [2.24, 2.45) is 5.41 Å².